The van der Waals surface area contributed by atoms with Crippen LogP contribution in [0.4, 0.5) is 18.9 Å². The van der Waals surface area contributed by atoms with Crippen molar-refractivity contribution >= 4 is 21.6 Å². The van der Waals surface area contributed by atoms with Crippen molar-refractivity contribution in [2.45, 2.75) is 19.0 Å². The summed E-state index contributed by atoms with van der Waals surface area (Å²) < 4.78 is 68.2. The predicted molar refractivity (Wildman–Crippen MR) is 103 cm³/mol. The number of carbonyl (C=O) groups excluding carboxylic acids is 1. The van der Waals surface area contributed by atoms with Crippen molar-refractivity contribution in [3.8, 4) is 5.75 Å². The molecular formula is C19H21F3N2O4S. The number of hydrogen-bond donors (Lipinski definition) is 2. The number of hydrogen-bond acceptors (Lipinski definition) is 4. The van der Waals surface area contributed by atoms with E-state index in [-0.39, 0.29) is 12.2 Å². The molecule has 2 aromatic carbocycles. The first-order chi connectivity index (χ1) is 13.6. The van der Waals surface area contributed by atoms with E-state index in [0.717, 1.165) is 5.56 Å². The summed E-state index contributed by atoms with van der Waals surface area (Å²) in [5.74, 6) is -0.210. The second-order valence-electron chi connectivity index (χ2n) is 6.28. The van der Waals surface area contributed by atoms with Crippen molar-refractivity contribution in [3.05, 3.63) is 59.7 Å². The van der Waals surface area contributed by atoms with E-state index in [2.05, 4.69) is 4.72 Å². The molecule has 0 aliphatic rings. The number of aryl methyl sites for hydroxylation is 1. The van der Waals surface area contributed by atoms with Crippen molar-refractivity contribution in [2.24, 2.45) is 0 Å². The number of ether oxygens (including phenoxy) is 1. The fraction of sp³-hybridized carbons (Fsp3) is 0.316. The van der Waals surface area contributed by atoms with Gasteiger partial charge in [-0.15, -0.1) is 0 Å². The van der Waals surface area contributed by atoms with Crippen LogP contribution in [-0.2, 0) is 27.7 Å². The minimum atomic E-state index is -4.47. The monoisotopic (exact) mass is 430 g/mol. The Morgan fingerprint density at radius 1 is 1.00 bits per heavy atom. The molecule has 0 unspecified atom stereocenters. The van der Waals surface area contributed by atoms with Gasteiger partial charge in [0.1, 0.15) is 12.3 Å². The molecule has 0 fully saturated rings. The van der Waals surface area contributed by atoms with Crippen LogP contribution in [-0.4, -0.2) is 39.9 Å². The van der Waals surface area contributed by atoms with Gasteiger partial charge in [-0.25, -0.2) is 8.42 Å². The van der Waals surface area contributed by atoms with Gasteiger partial charge in [0.15, 0.2) is 0 Å². The molecule has 2 rings (SSSR count). The highest BCUT2D eigenvalue weighted by molar-refractivity contribution is 7.92. The number of alkyl halides is 3. The molecule has 0 atom stereocenters. The lowest BCUT2D eigenvalue weighted by atomic mass is 10.1. The lowest BCUT2D eigenvalue weighted by molar-refractivity contribution is -0.138. The SMILES string of the molecule is COc1ccc(CCS(=O)(=O)Nc2ccc(CC(=O)NCC(F)(F)F)cc2)cc1. The Balaban J connectivity index is 1.86. The topological polar surface area (TPSA) is 84.5 Å². The summed E-state index contributed by atoms with van der Waals surface area (Å²) in [5.41, 5.74) is 1.61. The normalized spacial score (nSPS) is 11.7. The van der Waals surface area contributed by atoms with Crippen LogP contribution in [0.3, 0.4) is 0 Å². The molecule has 2 aromatic rings. The van der Waals surface area contributed by atoms with E-state index in [4.69, 9.17) is 4.74 Å². The molecule has 0 spiro atoms. The number of rotatable bonds is 9. The van der Waals surface area contributed by atoms with Crippen molar-refractivity contribution in [3.63, 3.8) is 0 Å². The van der Waals surface area contributed by atoms with E-state index in [1.807, 2.05) is 0 Å². The average molecular weight is 430 g/mol. The van der Waals surface area contributed by atoms with Gasteiger partial charge in [-0.05, 0) is 41.8 Å². The first kappa shape index (κ1) is 22.5. The maximum atomic E-state index is 12.2. The van der Waals surface area contributed by atoms with E-state index >= 15 is 0 Å². The zero-order chi connectivity index (χ0) is 21.5. The highest BCUT2D eigenvalue weighted by atomic mass is 32.2. The van der Waals surface area contributed by atoms with Crippen LogP contribution in [0.2, 0.25) is 0 Å². The molecule has 0 heterocycles. The quantitative estimate of drug-likeness (QED) is 0.641. The average Bonchev–Trinajstić information content (AvgIpc) is 2.66. The largest absolute Gasteiger partial charge is 0.497 e. The molecule has 0 saturated heterocycles. The number of methoxy groups -OCH3 is 1. The third kappa shape index (κ3) is 8.43. The van der Waals surface area contributed by atoms with Gasteiger partial charge in [-0.3, -0.25) is 9.52 Å². The maximum Gasteiger partial charge on any atom is 0.405 e. The number of carbonyl (C=O) groups is 1. The predicted octanol–water partition coefficient (Wildman–Crippen LogP) is 2.90. The highest BCUT2D eigenvalue weighted by Crippen LogP contribution is 2.15. The van der Waals surface area contributed by atoms with Crippen LogP contribution < -0.4 is 14.8 Å². The van der Waals surface area contributed by atoms with Crippen molar-refractivity contribution < 1.29 is 31.1 Å². The number of nitrogens with one attached hydrogen (secondary N) is 2. The zero-order valence-corrected chi connectivity index (χ0v) is 16.4. The van der Waals surface area contributed by atoms with Crippen LogP contribution in [0.25, 0.3) is 0 Å². The maximum absolute atomic E-state index is 12.2. The minimum absolute atomic E-state index is 0.124. The van der Waals surface area contributed by atoms with Crippen molar-refractivity contribution in [1.29, 1.82) is 0 Å². The molecule has 0 saturated carbocycles. The Morgan fingerprint density at radius 2 is 1.59 bits per heavy atom. The highest BCUT2D eigenvalue weighted by Gasteiger charge is 2.27. The number of anilines is 1. The first-order valence-corrected chi connectivity index (χ1v) is 10.3. The molecule has 0 radical (unpaired) electrons. The summed E-state index contributed by atoms with van der Waals surface area (Å²) in [6, 6.07) is 12.9. The van der Waals surface area contributed by atoms with Gasteiger partial charge >= 0.3 is 6.18 Å². The van der Waals surface area contributed by atoms with E-state index in [9.17, 15) is 26.4 Å². The van der Waals surface area contributed by atoms with Gasteiger partial charge in [0.2, 0.25) is 15.9 Å². The van der Waals surface area contributed by atoms with Gasteiger partial charge in [0.05, 0.1) is 19.3 Å². The number of sulfonamides is 1. The smallest absolute Gasteiger partial charge is 0.405 e. The van der Waals surface area contributed by atoms with Gasteiger partial charge in [-0.1, -0.05) is 24.3 Å². The summed E-state index contributed by atoms with van der Waals surface area (Å²) >= 11 is 0. The van der Waals surface area contributed by atoms with Crippen molar-refractivity contribution in [2.75, 3.05) is 24.1 Å². The molecular weight excluding hydrogens is 409 g/mol. The van der Waals surface area contributed by atoms with E-state index in [1.165, 1.54) is 24.3 Å². The van der Waals surface area contributed by atoms with Gasteiger partial charge in [0.25, 0.3) is 0 Å². The standard InChI is InChI=1S/C19H21F3N2O4S/c1-28-17-8-4-14(5-9-17)10-11-29(26,27)24-16-6-2-15(3-7-16)12-18(25)23-13-19(20,21)22/h2-9,24H,10-13H2,1H3,(H,23,25). The molecule has 0 aliphatic heterocycles. The Hall–Kier alpha value is -2.75. The van der Waals surface area contributed by atoms with E-state index < -0.39 is 28.7 Å². The van der Waals surface area contributed by atoms with Gasteiger partial charge < -0.3 is 10.1 Å². The van der Waals surface area contributed by atoms with Crippen LogP contribution in [0, 0.1) is 0 Å². The summed E-state index contributed by atoms with van der Waals surface area (Å²) in [6.45, 7) is -1.39. The zero-order valence-electron chi connectivity index (χ0n) is 15.6. The summed E-state index contributed by atoms with van der Waals surface area (Å²) in [5, 5.41) is 1.78. The molecule has 10 heteroatoms. The lowest BCUT2D eigenvalue weighted by Crippen LogP contribution is -2.34. The third-order valence-electron chi connectivity index (χ3n) is 3.90. The van der Waals surface area contributed by atoms with Crippen LogP contribution in [0.15, 0.2) is 48.5 Å². The van der Waals surface area contributed by atoms with Crippen LogP contribution in [0.1, 0.15) is 11.1 Å². The molecule has 2 N–H and O–H groups in total. The summed E-state index contributed by atoms with van der Waals surface area (Å²) in [6.07, 6.45) is -4.39. The number of amides is 1. The van der Waals surface area contributed by atoms with E-state index in [0.29, 0.717) is 23.4 Å². The molecule has 0 aromatic heterocycles. The molecule has 29 heavy (non-hydrogen) atoms. The Morgan fingerprint density at radius 3 is 2.14 bits per heavy atom. The van der Waals surface area contributed by atoms with Gasteiger partial charge in [0, 0.05) is 5.69 Å². The second kappa shape index (κ2) is 9.64. The lowest BCUT2D eigenvalue weighted by Gasteiger charge is -2.10. The first-order valence-electron chi connectivity index (χ1n) is 8.62. The molecule has 0 aliphatic carbocycles. The van der Waals surface area contributed by atoms with Crippen LogP contribution >= 0.6 is 0 Å². The number of halogens is 3. The van der Waals surface area contributed by atoms with Gasteiger partial charge in [-0.2, -0.15) is 13.2 Å². The van der Waals surface area contributed by atoms with E-state index in [1.54, 1.807) is 36.7 Å². The summed E-state index contributed by atoms with van der Waals surface area (Å²) in [7, 11) is -2.05. The number of benzene rings is 2. The third-order valence-corrected chi connectivity index (χ3v) is 5.18. The van der Waals surface area contributed by atoms with Crippen LogP contribution in [0.5, 0.6) is 5.75 Å². The molecule has 1 amide bonds. The Kier molecular flexibility index (Phi) is 7.49. The molecule has 0 bridgehead atoms. The Labute approximate surface area is 167 Å². The molecule has 158 valence electrons. The Bertz CT molecular complexity index is 912. The summed E-state index contributed by atoms with van der Waals surface area (Å²) in [4.78, 5) is 11.5. The van der Waals surface area contributed by atoms with Crippen molar-refractivity contribution in [1.82, 2.24) is 5.32 Å². The minimum Gasteiger partial charge on any atom is -0.497 e. The fourth-order valence-electron chi connectivity index (χ4n) is 2.41. The second-order valence-corrected chi connectivity index (χ2v) is 8.13. The molecule has 6 nitrogen and oxygen atoms in total. The fourth-order valence-corrected chi connectivity index (χ4v) is 3.51.